The quantitative estimate of drug-likeness (QED) is 0.858. The molecule has 2 N–H and O–H groups in total. The average Bonchev–Trinajstić information content (AvgIpc) is 2.53. The number of aliphatic hydroxyl groups excluding tert-OH is 1. The molecule has 0 unspecified atom stereocenters. The molecule has 1 saturated heterocycles. The van der Waals surface area contributed by atoms with Gasteiger partial charge in [-0.3, -0.25) is 4.90 Å². The van der Waals surface area contributed by atoms with Crippen LogP contribution >= 0.6 is 0 Å². The van der Waals surface area contributed by atoms with E-state index in [0.717, 1.165) is 24.5 Å². The summed E-state index contributed by atoms with van der Waals surface area (Å²) >= 11 is 0. The molecule has 1 aliphatic heterocycles. The molecule has 1 aromatic carbocycles. The summed E-state index contributed by atoms with van der Waals surface area (Å²) in [4.78, 5) is 18.9. The maximum atomic E-state index is 12.7. The average molecular weight is 348 g/mol. The highest BCUT2D eigenvalue weighted by Gasteiger charge is 2.27. The summed E-state index contributed by atoms with van der Waals surface area (Å²) in [7, 11) is 2.05. The molecule has 1 fully saturated rings. The van der Waals surface area contributed by atoms with Crippen LogP contribution in [-0.4, -0.2) is 72.4 Å². The normalized spacial score (nSPS) is 19.8. The second kappa shape index (κ2) is 8.54. The van der Waals surface area contributed by atoms with E-state index in [0.29, 0.717) is 19.1 Å². The van der Waals surface area contributed by atoms with E-state index in [2.05, 4.69) is 42.9 Å². The second-order valence-corrected chi connectivity index (χ2v) is 7.34. The molecule has 25 heavy (non-hydrogen) atoms. The minimum Gasteiger partial charge on any atom is -0.392 e. The minimum absolute atomic E-state index is 0.0615. The lowest BCUT2D eigenvalue weighted by Gasteiger charge is -2.40. The van der Waals surface area contributed by atoms with Crippen LogP contribution in [0.5, 0.6) is 0 Å². The number of nitrogens with one attached hydrogen (secondary N) is 1. The van der Waals surface area contributed by atoms with Crippen molar-refractivity contribution < 1.29 is 9.90 Å². The van der Waals surface area contributed by atoms with E-state index < -0.39 is 0 Å². The van der Waals surface area contributed by atoms with Gasteiger partial charge in [0.05, 0.1) is 6.10 Å². The highest BCUT2D eigenvalue weighted by atomic mass is 16.3. The van der Waals surface area contributed by atoms with Crippen molar-refractivity contribution in [2.24, 2.45) is 0 Å². The Morgan fingerprint density at radius 2 is 2.08 bits per heavy atom. The lowest BCUT2D eigenvalue weighted by atomic mass is 10.2. The zero-order valence-electron chi connectivity index (χ0n) is 16.1. The molecule has 0 saturated carbocycles. The second-order valence-electron chi connectivity index (χ2n) is 7.34. The van der Waals surface area contributed by atoms with Gasteiger partial charge in [0.2, 0.25) is 0 Å². The van der Waals surface area contributed by atoms with Crippen molar-refractivity contribution in [3.63, 3.8) is 0 Å². The first kappa shape index (κ1) is 19.5. The third-order valence-electron chi connectivity index (χ3n) is 4.77. The molecule has 1 aliphatic rings. The van der Waals surface area contributed by atoms with Gasteiger partial charge in [0.25, 0.3) is 0 Å². The van der Waals surface area contributed by atoms with Gasteiger partial charge in [0.15, 0.2) is 0 Å². The fraction of sp³-hybridized carbons (Fsp3) is 0.632. The smallest absolute Gasteiger partial charge is 0.322 e. The Balaban J connectivity index is 1.97. The van der Waals surface area contributed by atoms with Crippen LogP contribution in [0.3, 0.4) is 0 Å². The van der Waals surface area contributed by atoms with Gasteiger partial charge < -0.3 is 20.2 Å². The molecule has 0 bridgehead atoms. The fourth-order valence-electron chi connectivity index (χ4n) is 3.17. The number of piperazine rings is 1. The minimum atomic E-state index is -0.340. The predicted octanol–water partition coefficient (Wildman–Crippen LogP) is 2.45. The molecule has 0 aliphatic carbocycles. The van der Waals surface area contributed by atoms with E-state index in [1.807, 2.05) is 29.2 Å². The zero-order valence-corrected chi connectivity index (χ0v) is 16.1. The van der Waals surface area contributed by atoms with Crippen LogP contribution in [0.4, 0.5) is 16.2 Å². The molecule has 2 atom stereocenters. The van der Waals surface area contributed by atoms with Gasteiger partial charge in [-0.2, -0.15) is 0 Å². The number of nitrogens with zero attached hydrogens (tertiary/aromatic N) is 3. The first-order chi connectivity index (χ1) is 11.8. The van der Waals surface area contributed by atoms with Gasteiger partial charge in [-0.15, -0.1) is 0 Å². The highest BCUT2D eigenvalue weighted by Crippen LogP contribution is 2.21. The number of urea groups is 1. The van der Waals surface area contributed by atoms with E-state index in [4.69, 9.17) is 0 Å². The SMILES string of the molecule is CC(C)N(C)c1cccc(NC(=O)N2CCN(C[C@@H](C)O)C[C@@H]2C)c1. The molecule has 1 heterocycles. The molecule has 2 amide bonds. The van der Waals surface area contributed by atoms with Gasteiger partial charge >= 0.3 is 6.03 Å². The lowest BCUT2D eigenvalue weighted by Crippen LogP contribution is -2.56. The number of carbonyl (C=O) groups excluding carboxylic acids is 1. The van der Waals surface area contributed by atoms with Crippen LogP contribution in [0.2, 0.25) is 0 Å². The van der Waals surface area contributed by atoms with E-state index in [1.54, 1.807) is 6.92 Å². The summed E-state index contributed by atoms with van der Waals surface area (Å²) in [6.45, 7) is 11.0. The van der Waals surface area contributed by atoms with Crippen molar-refractivity contribution in [3.05, 3.63) is 24.3 Å². The van der Waals surface area contributed by atoms with Gasteiger partial charge in [-0.05, 0) is 45.9 Å². The Kier molecular flexibility index (Phi) is 6.67. The van der Waals surface area contributed by atoms with Crippen LogP contribution in [0.25, 0.3) is 0 Å². The Labute approximate surface area is 151 Å². The van der Waals surface area contributed by atoms with Crippen LogP contribution in [-0.2, 0) is 0 Å². The van der Waals surface area contributed by atoms with Crippen molar-refractivity contribution in [1.82, 2.24) is 9.80 Å². The van der Waals surface area contributed by atoms with Crippen LogP contribution in [0.1, 0.15) is 27.7 Å². The monoisotopic (exact) mass is 348 g/mol. The molecular formula is C19H32N4O2. The largest absolute Gasteiger partial charge is 0.392 e. The first-order valence-corrected chi connectivity index (χ1v) is 9.09. The Morgan fingerprint density at radius 3 is 2.68 bits per heavy atom. The summed E-state index contributed by atoms with van der Waals surface area (Å²) in [5, 5.41) is 12.6. The molecular weight excluding hydrogens is 316 g/mol. The predicted molar refractivity (Wildman–Crippen MR) is 103 cm³/mol. The lowest BCUT2D eigenvalue weighted by molar-refractivity contribution is 0.0692. The zero-order chi connectivity index (χ0) is 18.6. The molecule has 0 radical (unpaired) electrons. The van der Waals surface area contributed by atoms with Crippen molar-refractivity contribution in [3.8, 4) is 0 Å². The number of benzene rings is 1. The third kappa shape index (κ3) is 5.34. The first-order valence-electron chi connectivity index (χ1n) is 9.09. The summed E-state index contributed by atoms with van der Waals surface area (Å²) in [6.07, 6.45) is -0.340. The third-order valence-corrected chi connectivity index (χ3v) is 4.77. The number of β-amino-alcohol motifs (C(OH)–C–C–N with tert-alkyl or cyclic N) is 1. The number of aliphatic hydroxyl groups is 1. The molecule has 6 heteroatoms. The Bertz CT molecular complexity index is 576. The number of rotatable bonds is 5. The van der Waals surface area contributed by atoms with E-state index in [-0.39, 0.29) is 18.2 Å². The van der Waals surface area contributed by atoms with E-state index in [1.165, 1.54) is 0 Å². The highest BCUT2D eigenvalue weighted by molar-refractivity contribution is 5.90. The van der Waals surface area contributed by atoms with Crippen LogP contribution in [0.15, 0.2) is 24.3 Å². The van der Waals surface area contributed by atoms with Crippen molar-refractivity contribution >= 4 is 17.4 Å². The summed E-state index contributed by atoms with van der Waals surface area (Å²) in [6, 6.07) is 8.40. The van der Waals surface area contributed by atoms with E-state index >= 15 is 0 Å². The standard InChI is InChI=1S/C19H32N4O2/c1-14(2)21(5)18-8-6-7-17(11-18)20-19(25)23-10-9-22(12-15(23)3)13-16(4)24/h6-8,11,14-16,24H,9-10,12-13H2,1-5H3,(H,20,25)/t15-,16+/m0/s1. The van der Waals surface area contributed by atoms with Gasteiger partial charge in [-0.25, -0.2) is 4.79 Å². The van der Waals surface area contributed by atoms with Crippen molar-refractivity contribution in [2.45, 2.75) is 45.9 Å². The maximum Gasteiger partial charge on any atom is 0.322 e. The number of carbonyl (C=O) groups is 1. The van der Waals surface area contributed by atoms with Crippen LogP contribution < -0.4 is 10.2 Å². The molecule has 0 spiro atoms. The molecule has 1 aromatic rings. The number of hydrogen-bond acceptors (Lipinski definition) is 4. The van der Waals surface area contributed by atoms with E-state index in [9.17, 15) is 9.90 Å². The Morgan fingerprint density at radius 1 is 1.36 bits per heavy atom. The van der Waals surface area contributed by atoms with Gasteiger partial charge in [0, 0.05) is 56.7 Å². The number of hydrogen-bond donors (Lipinski definition) is 2. The van der Waals surface area contributed by atoms with Crippen molar-refractivity contribution in [2.75, 3.05) is 43.4 Å². The van der Waals surface area contributed by atoms with Gasteiger partial charge in [0.1, 0.15) is 0 Å². The maximum absolute atomic E-state index is 12.7. The summed E-state index contributed by atoms with van der Waals surface area (Å²) < 4.78 is 0. The summed E-state index contributed by atoms with van der Waals surface area (Å²) in [5.41, 5.74) is 1.90. The molecule has 2 rings (SSSR count). The topological polar surface area (TPSA) is 59.1 Å². The van der Waals surface area contributed by atoms with Gasteiger partial charge in [-0.1, -0.05) is 6.07 Å². The molecule has 0 aromatic heterocycles. The fourth-order valence-corrected chi connectivity index (χ4v) is 3.17. The van der Waals surface area contributed by atoms with Crippen molar-refractivity contribution in [1.29, 1.82) is 0 Å². The van der Waals surface area contributed by atoms with Crippen LogP contribution in [0, 0.1) is 0 Å². The number of amides is 2. The Hall–Kier alpha value is -1.79. The number of anilines is 2. The molecule has 140 valence electrons. The summed E-state index contributed by atoms with van der Waals surface area (Å²) in [5.74, 6) is 0. The molecule has 6 nitrogen and oxygen atoms in total.